The summed E-state index contributed by atoms with van der Waals surface area (Å²) in [6.07, 6.45) is 0. The number of carbonyl (C=O) groups is 2. The van der Waals surface area contributed by atoms with Crippen LogP contribution in [0.3, 0.4) is 0 Å². The van der Waals surface area contributed by atoms with Gasteiger partial charge in [0.25, 0.3) is 11.8 Å². The number of rotatable bonds is 4. The molecule has 2 unspecified atom stereocenters. The molecule has 8 nitrogen and oxygen atoms in total. The van der Waals surface area contributed by atoms with E-state index in [2.05, 4.69) is 42.1 Å². The highest BCUT2D eigenvalue weighted by molar-refractivity contribution is 9.10. The number of amides is 2. The molecule has 4 rings (SSSR count). The van der Waals surface area contributed by atoms with Crippen molar-refractivity contribution in [3.8, 4) is 11.5 Å². The molecule has 34 heavy (non-hydrogen) atoms. The predicted octanol–water partition coefficient (Wildman–Crippen LogP) is 4.27. The molecular weight excluding hydrogens is 568 g/mol. The number of hydrazone groups is 2. The van der Waals surface area contributed by atoms with Crippen molar-refractivity contribution in [1.29, 1.82) is 0 Å². The maximum absolute atomic E-state index is 12.1. The number of carbonyl (C=O) groups excluding carboxylic acids is 2. The lowest BCUT2D eigenvalue weighted by molar-refractivity contribution is -0.130. The molecule has 0 spiro atoms. The van der Waals surface area contributed by atoms with Crippen molar-refractivity contribution in [2.75, 3.05) is 28.3 Å². The van der Waals surface area contributed by atoms with Crippen LogP contribution >= 0.6 is 31.9 Å². The van der Waals surface area contributed by atoms with Crippen molar-refractivity contribution >= 4 is 55.1 Å². The van der Waals surface area contributed by atoms with Gasteiger partial charge in [-0.05, 0) is 49.2 Å². The molecule has 2 atom stereocenters. The van der Waals surface area contributed by atoms with Crippen molar-refractivity contribution in [3.05, 3.63) is 59.7 Å². The number of methoxy groups -OCH3 is 2. The summed E-state index contributed by atoms with van der Waals surface area (Å²) < 4.78 is 8.52. The largest absolute Gasteiger partial charge is 0.497 e. The Bertz CT molecular complexity index is 1060. The van der Waals surface area contributed by atoms with Crippen LogP contribution in [0, 0.1) is 0 Å². The third-order valence-corrected chi connectivity index (χ3v) is 8.49. The van der Waals surface area contributed by atoms with E-state index in [1.165, 1.54) is 10.0 Å². The van der Waals surface area contributed by atoms with Gasteiger partial charge in [-0.15, -0.1) is 0 Å². The Morgan fingerprint density at radius 1 is 0.676 bits per heavy atom. The Balaban J connectivity index is 0.000000191. The van der Waals surface area contributed by atoms with Crippen LogP contribution < -0.4 is 9.47 Å². The van der Waals surface area contributed by atoms with Gasteiger partial charge in [0.1, 0.15) is 11.5 Å². The molecule has 2 amide bonds. The number of hydrogen-bond donors (Lipinski definition) is 0. The average Bonchev–Trinajstić information content (AvgIpc) is 3.18. The lowest BCUT2D eigenvalue weighted by Crippen LogP contribution is -2.36. The van der Waals surface area contributed by atoms with Gasteiger partial charge >= 0.3 is 0 Å². The van der Waals surface area contributed by atoms with Gasteiger partial charge in [-0.2, -0.15) is 10.2 Å². The van der Waals surface area contributed by atoms with Gasteiger partial charge in [0, 0.05) is 14.1 Å². The molecule has 0 N–H and O–H groups in total. The highest BCUT2D eigenvalue weighted by Crippen LogP contribution is 2.40. The first kappa shape index (κ1) is 25.9. The van der Waals surface area contributed by atoms with Crippen molar-refractivity contribution in [2.24, 2.45) is 10.2 Å². The number of likely N-dealkylation sites (N-methyl/N-ethyl adjacent to an activating group) is 2. The van der Waals surface area contributed by atoms with E-state index < -0.39 is 8.65 Å². The monoisotopic (exact) mass is 592 g/mol. The molecule has 0 saturated carbocycles. The van der Waals surface area contributed by atoms with Gasteiger partial charge in [0.15, 0.2) is 8.65 Å². The Morgan fingerprint density at radius 3 is 1.18 bits per heavy atom. The summed E-state index contributed by atoms with van der Waals surface area (Å²) in [5, 5.41) is 11.0. The van der Waals surface area contributed by atoms with Crippen LogP contribution in [0.25, 0.3) is 0 Å². The van der Waals surface area contributed by atoms with E-state index in [1.54, 1.807) is 28.3 Å². The summed E-state index contributed by atoms with van der Waals surface area (Å²) in [5.74, 6) is 1.36. The molecule has 0 aromatic heterocycles. The van der Waals surface area contributed by atoms with Crippen LogP contribution in [0.1, 0.15) is 25.0 Å². The minimum atomic E-state index is -0.839. The third kappa shape index (κ3) is 4.36. The summed E-state index contributed by atoms with van der Waals surface area (Å²) in [5.41, 5.74) is 3.17. The first-order valence-corrected chi connectivity index (χ1v) is 11.9. The molecule has 2 aromatic carbocycles. The average molecular weight is 594 g/mol. The molecule has 10 heteroatoms. The molecule has 180 valence electrons. The quantitative estimate of drug-likeness (QED) is 0.496. The fourth-order valence-corrected chi connectivity index (χ4v) is 4.94. The minimum Gasteiger partial charge on any atom is -0.497 e. The van der Waals surface area contributed by atoms with E-state index in [9.17, 15) is 9.59 Å². The van der Waals surface area contributed by atoms with Crippen LogP contribution in [-0.2, 0) is 18.2 Å². The maximum Gasteiger partial charge on any atom is 0.269 e. The number of halogens is 2. The smallest absolute Gasteiger partial charge is 0.269 e. The van der Waals surface area contributed by atoms with Gasteiger partial charge in [0.05, 0.1) is 25.6 Å². The van der Waals surface area contributed by atoms with E-state index in [0.717, 1.165) is 34.0 Å². The van der Waals surface area contributed by atoms with Crippen LogP contribution in [-0.4, -0.2) is 61.6 Å². The molecule has 0 aliphatic carbocycles. The van der Waals surface area contributed by atoms with Crippen molar-refractivity contribution in [1.82, 2.24) is 10.0 Å². The molecule has 0 saturated heterocycles. The minimum absolute atomic E-state index is 0.0832. The van der Waals surface area contributed by atoms with Crippen molar-refractivity contribution in [2.45, 2.75) is 22.5 Å². The van der Waals surface area contributed by atoms with E-state index >= 15 is 0 Å². The van der Waals surface area contributed by atoms with Crippen LogP contribution in [0.4, 0.5) is 0 Å². The van der Waals surface area contributed by atoms with Gasteiger partial charge in [0.2, 0.25) is 0 Å². The van der Waals surface area contributed by atoms with Gasteiger partial charge in [-0.3, -0.25) is 9.59 Å². The fourth-order valence-electron chi connectivity index (χ4n) is 3.74. The molecule has 0 fully saturated rings. The number of alkyl halides is 2. The topological polar surface area (TPSA) is 83.8 Å². The zero-order valence-electron chi connectivity index (χ0n) is 19.8. The fraction of sp³-hybridized carbons (Fsp3) is 0.333. The Hall–Kier alpha value is -2.72. The zero-order chi connectivity index (χ0) is 25.3. The van der Waals surface area contributed by atoms with Gasteiger partial charge in [-0.25, -0.2) is 10.0 Å². The standard InChI is InChI=1S/2C12H13BrN2O2/c2*1-8-12(13,11(16)15(2)14-8)9-4-6-10(17-3)7-5-9/h2*4-7H,1-3H3. The first-order chi connectivity index (χ1) is 16.0. The van der Waals surface area contributed by atoms with Crippen molar-refractivity contribution < 1.29 is 19.1 Å². The molecule has 0 radical (unpaired) electrons. The second-order valence-corrected chi connectivity index (χ2v) is 10.2. The normalized spacial score (nSPS) is 23.9. The highest BCUT2D eigenvalue weighted by Gasteiger charge is 2.48. The second-order valence-electron chi connectivity index (χ2n) is 7.80. The van der Waals surface area contributed by atoms with Crippen molar-refractivity contribution in [3.63, 3.8) is 0 Å². The lowest BCUT2D eigenvalue weighted by Gasteiger charge is -2.21. The van der Waals surface area contributed by atoms with E-state index in [1.807, 2.05) is 62.4 Å². The van der Waals surface area contributed by atoms with Gasteiger partial charge in [-0.1, -0.05) is 56.1 Å². The second kappa shape index (κ2) is 9.87. The number of benzene rings is 2. The third-order valence-electron chi connectivity index (χ3n) is 5.75. The summed E-state index contributed by atoms with van der Waals surface area (Å²) >= 11 is 7.02. The van der Waals surface area contributed by atoms with E-state index in [0.29, 0.717) is 0 Å². The Kier molecular flexibility index (Phi) is 7.52. The predicted molar refractivity (Wildman–Crippen MR) is 139 cm³/mol. The molecule has 2 aromatic rings. The Morgan fingerprint density at radius 2 is 0.971 bits per heavy atom. The summed E-state index contributed by atoms with van der Waals surface area (Å²) in [6, 6.07) is 14.8. The molecule has 0 bridgehead atoms. The Labute approximate surface area is 215 Å². The maximum atomic E-state index is 12.1. The first-order valence-electron chi connectivity index (χ1n) is 10.3. The molecule has 2 aliphatic rings. The molecule has 2 aliphatic heterocycles. The molecular formula is C24H26Br2N4O4. The van der Waals surface area contributed by atoms with Gasteiger partial charge < -0.3 is 9.47 Å². The SMILES string of the molecule is COc1ccc(C2(Br)C(=O)N(C)N=C2C)cc1.COc1ccc(C2(Br)C(=O)N(C)N=C2C)cc1. The zero-order valence-corrected chi connectivity index (χ0v) is 23.0. The summed E-state index contributed by atoms with van der Waals surface area (Å²) in [4.78, 5) is 24.3. The number of nitrogens with zero attached hydrogens (tertiary/aromatic N) is 4. The summed E-state index contributed by atoms with van der Waals surface area (Å²) in [7, 11) is 6.52. The highest BCUT2D eigenvalue weighted by atomic mass is 79.9. The summed E-state index contributed by atoms with van der Waals surface area (Å²) in [6.45, 7) is 3.67. The number of ether oxygens (including phenoxy) is 2. The van der Waals surface area contributed by atoms with Crippen LogP contribution in [0.5, 0.6) is 11.5 Å². The molecule has 2 heterocycles. The van der Waals surface area contributed by atoms with Crippen LogP contribution in [0.2, 0.25) is 0 Å². The lowest BCUT2D eigenvalue weighted by atomic mass is 9.94. The number of hydrogen-bond acceptors (Lipinski definition) is 6. The van der Waals surface area contributed by atoms with Crippen LogP contribution in [0.15, 0.2) is 58.7 Å². The van der Waals surface area contributed by atoms with E-state index in [-0.39, 0.29) is 11.8 Å². The van der Waals surface area contributed by atoms with E-state index in [4.69, 9.17) is 9.47 Å².